The molecular formula is C4H6BN3O2. The number of carbonyl (C=O) groups excluding carboxylic acids is 1. The number of aliphatic hydroxyl groups excluding tert-OH is 1. The molecule has 1 unspecified atom stereocenters. The zero-order valence-electron chi connectivity index (χ0n) is 5.40. The van der Waals surface area contributed by atoms with Crippen molar-refractivity contribution < 1.29 is 9.90 Å². The van der Waals surface area contributed by atoms with Gasteiger partial charge in [0, 0.05) is 7.05 Å². The molecule has 1 rings (SSSR count). The predicted molar refractivity (Wildman–Crippen MR) is 35.5 cm³/mol. The quantitative estimate of drug-likeness (QED) is 0.398. The first-order valence-corrected chi connectivity index (χ1v) is 2.66. The van der Waals surface area contributed by atoms with E-state index in [0.717, 1.165) is 4.90 Å². The molecular weight excluding hydrogens is 133 g/mol. The van der Waals surface area contributed by atoms with E-state index in [4.69, 9.17) is 13.0 Å². The second-order valence-corrected chi connectivity index (χ2v) is 1.90. The first-order valence-electron chi connectivity index (χ1n) is 2.66. The molecule has 2 N–H and O–H groups in total. The van der Waals surface area contributed by atoms with Crippen LogP contribution in [-0.2, 0) is 0 Å². The highest BCUT2D eigenvalue weighted by atomic mass is 16.3. The number of rotatable bonds is 0. The van der Waals surface area contributed by atoms with Crippen LogP contribution in [0.4, 0.5) is 4.79 Å². The number of urea groups is 1. The van der Waals surface area contributed by atoms with Gasteiger partial charge in [-0.2, -0.15) is 0 Å². The number of aliphatic hydroxyl groups is 1. The molecule has 1 aliphatic rings. The van der Waals surface area contributed by atoms with E-state index in [1.165, 1.54) is 7.05 Å². The number of amidine groups is 1. The Morgan fingerprint density at radius 3 is 3.00 bits per heavy atom. The van der Waals surface area contributed by atoms with Gasteiger partial charge in [-0.05, 0) is 0 Å². The first kappa shape index (κ1) is 7.08. The molecule has 5 nitrogen and oxygen atoms in total. The largest absolute Gasteiger partial charge is 0.355 e. The van der Waals surface area contributed by atoms with Crippen molar-refractivity contribution in [1.82, 2.24) is 10.2 Å². The van der Waals surface area contributed by atoms with Gasteiger partial charge in [0.05, 0.1) is 5.73 Å². The Morgan fingerprint density at radius 1 is 1.90 bits per heavy atom. The Bertz CT molecular complexity index is 193. The summed E-state index contributed by atoms with van der Waals surface area (Å²) in [4.78, 5) is 15.2. The molecule has 52 valence electrons. The SMILES string of the molecule is [B]C1=NC(O)N(C)C(=O)N1. The van der Waals surface area contributed by atoms with E-state index in [1.807, 2.05) is 0 Å². The number of carbonyl (C=O) groups is 1. The highest BCUT2D eigenvalue weighted by Crippen LogP contribution is 1.98. The summed E-state index contributed by atoms with van der Waals surface area (Å²) in [6, 6.07) is -0.458. The average molecular weight is 139 g/mol. The van der Waals surface area contributed by atoms with Gasteiger partial charge in [0.25, 0.3) is 0 Å². The summed E-state index contributed by atoms with van der Waals surface area (Å²) in [5.74, 6) is 0. The molecule has 0 saturated heterocycles. The van der Waals surface area contributed by atoms with E-state index in [0.29, 0.717) is 0 Å². The Kier molecular flexibility index (Phi) is 1.63. The second-order valence-electron chi connectivity index (χ2n) is 1.90. The van der Waals surface area contributed by atoms with Gasteiger partial charge < -0.3 is 10.4 Å². The van der Waals surface area contributed by atoms with Gasteiger partial charge in [-0.1, -0.05) is 0 Å². The van der Waals surface area contributed by atoms with Crippen LogP contribution in [-0.4, -0.2) is 43.0 Å². The second kappa shape index (κ2) is 2.30. The minimum atomic E-state index is -1.16. The van der Waals surface area contributed by atoms with E-state index in [9.17, 15) is 4.79 Å². The van der Waals surface area contributed by atoms with E-state index in [1.54, 1.807) is 0 Å². The Morgan fingerprint density at radius 2 is 2.50 bits per heavy atom. The first-order chi connectivity index (χ1) is 4.61. The van der Waals surface area contributed by atoms with Crippen LogP contribution in [0.25, 0.3) is 0 Å². The molecule has 0 saturated carbocycles. The van der Waals surface area contributed by atoms with Crippen LogP contribution in [0.3, 0.4) is 0 Å². The van der Waals surface area contributed by atoms with Crippen molar-refractivity contribution in [3.8, 4) is 0 Å². The average Bonchev–Trinajstić information content (AvgIpc) is 1.82. The zero-order chi connectivity index (χ0) is 7.72. The molecule has 2 radical (unpaired) electrons. The summed E-state index contributed by atoms with van der Waals surface area (Å²) in [6.45, 7) is 0. The summed E-state index contributed by atoms with van der Waals surface area (Å²) in [6.07, 6.45) is -1.16. The van der Waals surface area contributed by atoms with Crippen molar-refractivity contribution in [2.24, 2.45) is 4.99 Å². The highest BCUT2D eigenvalue weighted by molar-refractivity contribution is 6.60. The molecule has 0 bridgehead atoms. The fourth-order valence-electron chi connectivity index (χ4n) is 0.546. The Balaban J connectivity index is 2.79. The summed E-state index contributed by atoms with van der Waals surface area (Å²) in [5.41, 5.74) is -0.0596. The topological polar surface area (TPSA) is 64.9 Å². The zero-order valence-corrected chi connectivity index (χ0v) is 5.40. The highest BCUT2D eigenvalue weighted by Gasteiger charge is 2.20. The summed E-state index contributed by atoms with van der Waals surface area (Å²) in [7, 11) is 6.52. The lowest BCUT2D eigenvalue weighted by Crippen LogP contribution is -2.50. The minimum absolute atomic E-state index is 0.0596. The number of hydrogen-bond donors (Lipinski definition) is 2. The number of hydrogen-bond acceptors (Lipinski definition) is 3. The lowest BCUT2D eigenvalue weighted by molar-refractivity contribution is 0.0512. The Labute approximate surface area is 59.1 Å². The van der Waals surface area contributed by atoms with E-state index in [-0.39, 0.29) is 5.73 Å². The van der Waals surface area contributed by atoms with Crippen LogP contribution in [0.5, 0.6) is 0 Å². The van der Waals surface area contributed by atoms with Gasteiger partial charge in [0.2, 0.25) is 6.35 Å². The predicted octanol–water partition coefficient (Wildman–Crippen LogP) is -1.56. The number of nitrogens with zero attached hydrogens (tertiary/aromatic N) is 2. The molecule has 1 heterocycles. The van der Waals surface area contributed by atoms with Crippen molar-refractivity contribution >= 4 is 19.6 Å². The Hall–Kier alpha value is -1.04. The summed E-state index contributed by atoms with van der Waals surface area (Å²) in [5, 5.41) is 11.1. The van der Waals surface area contributed by atoms with Gasteiger partial charge in [-0.25, -0.2) is 9.79 Å². The van der Waals surface area contributed by atoms with E-state index >= 15 is 0 Å². The van der Waals surface area contributed by atoms with Crippen LogP contribution >= 0.6 is 0 Å². The third kappa shape index (κ3) is 1.11. The van der Waals surface area contributed by atoms with Crippen molar-refractivity contribution in [2.45, 2.75) is 6.35 Å². The molecule has 0 fully saturated rings. The molecule has 0 aromatic carbocycles. The molecule has 2 amide bonds. The van der Waals surface area contributed by atoms with Crippen LogP contribution < -0.4 is 5.32 Å². The lowest BCUT2D eigenvalue weighted by atomic mass is 10.1. The molecule has 10 heavy (non-hydrogen) atoms. The molecule has 6 heteroatoms. The van der Waals surface area contributed by atoms with Crippen molar-refractivity contribution in [2.75, 3.05) is 7.05 Å². The monoisotopic (exact) mass is 139 g/mol. The van der Waals surface area contributed by atoms with Crippen LogP contribution in [0.2, 0.25) is 0 Å². The molecule has 0 aliphatic carbocycles. The van der Waals surface area contributed by atoms with Gasteiger partial charge in [-0.15, -0.1) is 0 Å². The van der Waals surface area contributed by atoms with Crippen molar-refractivity contribution in [1.29, 1.82) is 0 Å². The summed E-state index contributed by atoms with van der Waals surface area (Å²) < 4.78 is 0. The standard InChI is InChI=1S/C4H6BN3O2/c1-8-3(9)6-2(5)7-4(8)10/h3,9H,1H3,(H,6,7,10). The fourth-order valence-corrected chi connectivity index (χ4v) is 0.546. The van der Waals surface area contributed by atoms with E-state index in [2.05, 4.69) is 10.3 Å². The molecule has 1 atom stereocenters. The van der Waals surface area contributed by atoms with Crippen LogP contribution in [0, 0.1) is 0 Å². The van der Waals surface area contributed by atoms with Crippen LogP contribution in [0.15, 0.2) is 4.99 Å². The normalized spacial score (nSPS) is 25.8. The lowest BCUT2D eigenvalue weighted by Gasteiger charge is -2.25. The van der Waals surface area contributed by atoms with Gasteiger partial charge >= 0.3 is 6.03 Å². The maximum absolute atomic E-state index is 10.7. The fraction of sp³-hybridized carbons (Fsp3) is 0.500. The third-order valence-electron chi connectivity index (χ3n) is 1.16. The smallest absolute Gasteiger partial charge is 0.325 e. The van der Waals surface area contributed by atoms with Gasteiger partial charge in [-0.3, -0.25) is 4.90 Å². The van der Waals surface area contributed by atoms with Crippen molar-refractivity contribution in [3.63, 3.8) is 0 Å². The maximum Gasteiger partial charge on any atom is 0.325 e. The number of amides is 2. The number of aliphatic imine (C=N–C) groups is 1. The molecule has 0 spiro atoms. The van der Waals surface area contributed by atoms with Crippen LogP contribution in [0.1, 0.15) is 0 Å². The van der Waals surface area contributed by atoms with Gasteiger partial charge in [0.1, 0.15) is 0 Å². The van der Waals surface area contributed by atoms with Gasteiger partial charge in [0.15, 0.2) is 7.85 Å². The van der Waals surface area contributed by atoms with Crippen molar-refractivity contribution in [3.05, 3.63) is 0 Å². The molecule has 0 aromatic heterocycles. The maximum atomic E-state index is 10.7. The third-order valence-corrected chi connectivity index (χ3v) is 1.16. The minimum Gasteiger partial charge on any atom is -0.355 e. The number of nitrogens with one attached hydrogen (secondary N) is 1. The molecule has 0 aromatic rings. The van der Waals surface area contributed by atoms with E-state index < -0.39 is 12.4 Å². The molecule has 1 aliphatic heterocycles. The summed E-state index contributed by atoms with van der Waals surface area (Å²) >= 11 is 0.